The van der Waals surface area contributed by atoms with E-state index in [0.717, 1.165) is 6.07 Å². The van der Waals surface area contributed by atoms with Crippen LogP contribution in [-0.4, -0.2) is 11.1 Å². The molecule has 2 rings (SSSR count). The van der Waals surface area contributed by atoms with Gasteiger partial charge in [0.05, 0.1) is 10.9 Å². The number of aliphatic carboxylic acids is 1. The molecule has 1 N–H and O–H groups in total. The molecule has 0 bridgehead atoms. The van der Waals surface area contributed by atoms with Crippen LogP contribution in [0.2, 0.25) is 5.02 Å². The first kappa shape index (κ1) is 10.4. The van der Waals surface area contributed by atoms with Crippen molar-refractivity contribution in [2.24, 2.45) is 5.92 Å². The molecule has 0 radical (unpaired) electrons. The van der Waals surface area contributed by atoms with E-state index >= 15 is 0 Å². The maximum atomic E-state index is 13.9. The zero-order chi connectivity index (χ0) is 11.2. The zero-order valence-corrected chi connectivity index (χ0v) is 8.26. The van der Waals surface area contributed by atoms with Crippen LogP contribution >= 0.6 is 11.6 Å². The molecule has 1 aliphatic rings. The van der Waals surface area contributed by atoms with Gasteiger partial charge in [0.25, 0.3) is 0 Å². The second-order valence-corrected chi connectivity index (χ2v) is 3.99. The van der Waals surface area contributed by atoms with Gasteiger partial charge in [0.15, 0.2) is 0 Å². The predicted octanol–water partition coefficient (Wildman–Crippen LogP) is 2.75. The molecule has 0 saturated heterocycles. The molecule has 0 heterocycles. The fourth-order valence-corrected chi connectivity index (χ4v) is 1.71. The topological polar surface area (TPSA) is 37.3 Å². The summed E-state index contributed by atoms with van der Waals surface area (Å²) in [4.78, 5) is 10.5. The monoisotopic (exact) mass is 232 g/mol. The maximum Gasteiger partial charge on any atom is 0.310 e. The molecule has 1 aliphatic carbocycles. The Bertz CT molecular complexity index is 435. The van der Waals surface area contributed by atoms with Gasteiger partial charge in [-0.05, 0) is 17.7 Å². The van der Waals surface area contributed by atoms with Crippen LogP contribution in [0.1, 0.15) is 12.0 Å². The van der Waals surface area contributed by atoms with Crippen LogP contribution in [0.15, 0.2) is 18.2 Å². The lowest BCUT2D eigenvalue weighted by atomic mass is 10.1. The molecule has 1 saturated carbocycles. The number of carbonyl (C=O) groups is 1. The standard InChI is InChI=1S/C10H7ClF2O2/c11-7-2-1-5(3-8(7)12)10(13)4-6(10)9(14)15/h1-3,6H,4H2,(H,14,15)/t6-,10+/m1/s1. The Morgan fingerprint density at radius 3 is 2.73 bits per heavy atom. The Balaban J connectivity index is 2.32. The Labute approximate surface area is 89.5 Å². The SMILES string of the molecule is O=C(O)[C@H]1C[C@]1(F)c1ccc(Cl)c(F)c1. The summed E-state index contributed by atoms with van der Waals surface area (Å²) in [6, 6.07) is 3.49. The Hall–Kier alpha value is -1.16. The molecule has 0 amide bonds. The third kappa shape index (κ3) is 1.59. The number of carboxylic acids is 1. The summed E-state index contributed by atoms with van der Waals surface area (Å²) in [5.74, 6) is -3.01. The summed E-state index contributed by atoms with van der Waals surface area (Å²) in [7, 11) is 0. The third-order valence-corrected chi connectivity index (χ3v) is 2.90. The number of halogens is 3. The molecule has 0 spiro atoms. The van der Waals surface area contributed by atoms with Crippen LogP contribution in [0.3, 0.4) is 0 Å². The highest BCUT2D eigenvalue weighted by Gasteiger charge is 2.61. The van der Waals surface area contributed by atoms with E-state index in [1.807, 2.05) is 0 Å². The van der Waals surface area contributed by atoms with Gasteiger partial charge in [-0.15, -0.1) is 0 Å². The molecule has 1 aromatic rings. The first-order valence-corrected chi connectivity index (χ1v) is 4.70. The summed E-state index contributed by atoms with van der Waals surface area (Å²) in [6.45, 7) is 0. The predicted molar refractivity (Wildman–Crippen MR) is 49.9 cm³/mol. The fourth-order valence-electron chi connectivity index (χ4n) is 1.59. The van der Waals surface area contributed by atoms with Crippen molar-refractivity contribution in [3.05, 3.63) is 34.6 Å². The van der Waals surface area contributed by atoms with Gasteiger partial charge in [-0.1, -0.05) is 17.7 Å². The summed E-state index contributed by atoms with van der Waals surface area (Å²) >= 11 is 5.44. The van der Waals surface area contributed by atoms with E-state index in [2.05, 4.69) is 0 Å². The van der Waals surface area contributed by atoms with E-state index in [-0.39, 0.29) is 17.0 Å². The van der Waals surface area contributed by atoms with Gasteiger partial charge in [-0.3, -0.25) is 4.79 Å². The molecular formula is C10H7ClF2O2. The number of alkyl halides is 1. The summed E-state index contributed by atoms with van der Waals surface area (Å²) < 4.78 is 26.9. The number of benzene rings is 1. The van der Waals surface area contributed by atoms with Gasteiger partial charge in [0, 0.05) is 6.42 Å². The maximum absolute atomic E-state index is 13.9. The largest absolute Gasteiger partial charge is 0.481 e. The quantitative estimate of drug-likeness (QED) is 0.851. The molecule has 15 heavy (non-hydrogen) atoms. The van der Waals surface area contributed by atoms with E-state index in [1.54, 1.807) is 0 Å². The first-order chi connectivity index (χ1) is 6.95. The van der Waals surface area contributed by atoms with Crippen LogP contribution in [0.4, 0.5) is 8.78 Å². The third-order valence-electron chi connectivity index (χ3n) is 2.59. The summed E-state index contributed by atoms with van der Waals surface area (Å²) in [5, 5.41) is 8.51. The minimum absolute atomic E-state index is 0.0387. The second kappa shape index (κ2) is 3.17. The smallest absolute Gasteiger partial charge is 0.310 e. The van der Waals surface area contributed by atoms with Crippen molar-refractivity contribution in [3.63, 3.8) is 0 Å². The molecule has 1 fully saturated rings. The van der Waals surface area contributed by atoms with Crippen molar-refractivity contribution in [2.75, 3.05) is 0 Å². The number of hydrogen-bond acceptors (Lipinski definition) is 1. The highest BCUT2D eigenvalue weighted by Crippen LogP contribution is 2.55. The van der Waals surface area contributed by atoms with Gasteiger partial charge >= 0.3 is 5.97 Å². The molecule has 0 aromatic heterocycles. The highest BCUT2D eigenvalue weighted by atomic mass is 35.5. The molecular weight excluding hydrogens is 226 g/mol. The summed E-state index contributed by atoms with van der Waals surface area (Å²) in [6.07, 6.45) is -0.108. The lowest BCUT2D eigenvalue weighted by molar-refractivity contribution is -0.139. The minimum Gasteiger partial charge on any atom is -0.481 e. The minimum atomic E-state index is -1.93. The van der Waals surface area contributed by atoms with E-state index in [1.165, 1.54) is 12.1 Å². The second-order valence-electron chi connectivity index (χ2n) is 3.59. The van der Waals surface area contributed by atoms with Crippen LogP contribution in [-0.2, 0) is 10.5 Å². The molecule has 0 aliphatic heterocycles. The number of rotatable bonds is 2. The van der Waals surface area contributed by atoms with Crippen molar-refractivity contribution in [3.8, 4) is 0 Å². The van der Waals surface area contributed by atoms with E-state index in [4.69, 9.17) is 16.7 Å². The average Bonchev–Trinajstić information content (AvgIpc) is 2.84. The van der Waals surface area contributed by atoms with Gasteiger partial charge in [0.2, 0.25) is 0 Å². The molecule has 2 nitrogen and oxygen atoms in total. The van der Waals surface area contributed by atoms with Gasteiger partial charge in [0.1, 0.15) is 11.5 Å². The van der Waals surface area contributed by atoms with Crippen LogP contribution in [0, 0.1) is 11.7 Å². The van der Waals surface area contributed by atoms with Crippen molar-refractivity contribution in [1.29, 1.82) is 0 Å². The lowest BCUT2D eigenvalue weighted by Crippen LogP contribution is -2.09. The van der Waals surface area contributed by atoms with Gasteiger partial charge in [-0.25, -0.2) is 8.78 Å². The van der Waals surface area contributed by atoms with E-state index in [0.29, 0.717) is 0 Å². The van der Waals surface area contributed by atoms with E-state index in [9.17, 15) is 13.6 Å². The fraction of sp³-hybridized carbons (Fsp3) is 0.300. The molecule has 0 unspecified atom stereocenters. The molecule has 2 atom stereocenters. The Morgan fingerprint density at radius 2 is 2.27 bits per heavy atom. The van der Waals surface area contributed by atoms with Gasteiger partial charge < -0.3 is 5.11 Å². The number of hydrogen-bond donors (Lipinski definition) is 1. The van der Waals surface area contributed by atoms with Crippen LogP contribution < -0.4 is 0 Å². The normalized spacial score (nSPS) is 28.9. The van der Waals surface area contributed by atoms with Crippen LogP contribution in [0.25, 0.3) is 0 Å². The zero-order valence-electron chi connectivity index (χ0n) is 7.51. The molecule has 80 valence electrons. The van der Waals surface area contributed by atoms with Crippen molar-refractivity contribution in [1.82, 2.24) is 0 Å². The summed E-state index contributed by atoms with van der Waals surface area (Å²) in [5.41, 5.74) is -1.89. The average molecular weight is 233 g/mol. The highest BCUT2D eigenvalue weighted by molar-refractivity contribution is 6.30. The molecule has 5 heteroatoms. The Kier molecular flexibility index (Phi) is 2.19. The van der Waals surface area contributed by atoms with Crippen molar-refractivity contribution < 1.29 is 18.7 Å². The number of carboxylic acid groups (broad SMARTS) is 1. The first-order valence-electron chi connectivity index (χ1n) is 4.32. The van der Waals surface area contributed by atoms with Gasteiger partial charge in [-0.2, -0.15) is 0 Å². The van der Waals surface area contributed by atoms with Crippen LogP contribution in [0.5, 0.6) is 0 Å². The molecule has 1 aromatic carbocycles. The Morgan fingerprint density at radius 1 is 1.60 bits per heavy atom. The van der Waals surface area contributed by atoms with Crippen molar-refractivity contribution >= 4 is 17.6 Å². The lowest BCUT2D eigenvalue weighted by Gasteiger charge is -2.06. The van der Waals surface area contributed by atoms with E-state index < -0.39 is 23.4 Å². The van der Waals surface area contributed by atoms with Crippen molar-refractivity contribution in [2.45, 2.75) is 12.1 Å².